The fraction of sp³-hybridized carbons (Fsp3) is 0.750. The van der Waals surface area contributed by atoms with E-state index in [1.807, 2.05) is 6.08 Å². The summed E-state index contributed by atoms with van der Waals surface area (Å²) in [5.41, 5.74) is 0. The Labute approximate surface area is 58.4 Å². The molecule has 0 heterocycles. The van der Waals surface area contributed by atoms with Gasteiger partial charge in [-0.3, -0.25) is 0 Å². The van der Waals surface area contributed by atoms with Crippen molar-refractivity contribution in [2.24, 2.45) is 0 Å². The van der Waals surface area contributed by atoms with Crippen LogP contribution in [0.1, 0.15) is 19.8 Å². The maximum atomic E-state index is 3.67. The SMILES string of the molecule is C=CCCN(C)CCC. The van der Waals surface area contributed by atoms with Crippen LogP contribution in [-0.2, 0) is 0 Å². The summed E-state index contributed by atoms with van der Waals surface area (Å²) in [7, 11) is 2.15. The molecule has 1 heteroatoms. The zero-order valence-corrected chi connectivity index (χ0v) is 6.56. The van der Waals surface area contributed by atoms with Gasteiger partial charge in [-0.2, -0.15) is 0 Å². The Morgan fingerprint density at radius 2 is 2.11 bits per heavy atom. The molecule has 0 unspecified atom stereocenters. The van der Waals surface area contributed by atoms with E-state index >= 15 is 0 Å². The molecule has 0 saturated carbocycles. The third kappa shape index (κ3) is 5.57. The van der Waals surface area contributed by atoms with Gasteiger partial charge in [0.15, 0.2) is 0 Å². The van der Waals surface area contributed by atoms with Gasteiger partial charge in [-0.25, -0.2) is 0 Å². The van der Waals surface area contributed by atoms with Crippen molar-refractivity contribution in [1.82, 2.24) is 4.90 Å². The highest BCUT2D eigenvalue weighted by Crippen LogP contribution is 1.88. The van der Waals surface area contributed by atoms with Crippen molar-refractivity contribution >= 4 is 0 Å². The molecule has 0 aliphatic carbocycles. The van der Waals surface area contributed by atoms with Gasteiger partial charge in [-0.15, -0.1) is 6.58 Å². The molecule has 54 valence electrons. The quantitative estimate of drug-likeness (QED) is 0.510. The normalized spacial score (nSPS) is 10.1. The molecule has 0 aliphatic rings. The summed E-state index contributed by atoms with van der Waals surface area (Å²) >= 11 is 0. The Balaban J connectivity index is 3.04. The van der Waals surface area contributed by atoms with Crippen LogP contribution in [0.15, 0.2) is 12.7 Å². The van der Waals surface area contributed by atoms with Gasteiger partial charge in [0.05, 0.1) is 0 Å². The summed E-state index contributed by atoms with van der Waals surface area (Å²) in [6.07, 6.45) is 4.32. The van der Waals surface area contributed by atoms with Crippen LogP contribution in [0.25, 0.3) is 0 Å². The first kappa shape index (κ1) is 8.70. The Morgan fingerprint density at radius 1 is 1.44 bits per heavy atom. The van der Waals surface area contributed by atoms with Crippen LogP contribution in [0.4, 0.5) is 0 Å². The molecular formula is C8H17N. The predicted molar refractivity (Wildman–Crippen MR) is 42.6 cm³/mol. The zero-order valence-electron chi connectivity index (χ0n) is 6.56. The van der Waals surface area contributed by atoms with Crippen LogP contribution in [0.5, 0.6) is 0 Å². The van der Waals surface area contributed by atoms with Gasteiger partial charge in [0.1, 0.15) is 0 Å². The summed E-state index contributed by atoms with van der Waals surface area (Å²) in [5.74, 6) is 0. The van der Waals surface area contributed by atoms with Crippen LogP contribution in [0, 0.1) is 0 Å². The summed E-state index contributed by atoms with van der Waals surface area (Å²) in [4.78, 5) is 2.32. The third-order valence-electron chi connectivity index (χ3n) is 1.32. The minimum absolute atomic E-state index is 1.11. The largest absolute Gasteiger partial charge is 0.306 e. The van der Waals surface area contributed by atoms with Crippen molar-refractivity contribution in [3.8, 4) is 0 Å². The third-order valence-corrected chi connectivity index (χ3v) is 1.32. The highest BCUT2D eigenvalue weighted by atomic mass is 15.1. The second-order valence-corrected chi connectivity index (χ2v) is 2.38. The number of hydrogen-bond acceptors (Lipinski definition) is 1. The van der Waals surface area contributed by atoms with E-state index in [0.29, 0.717) is 0 Å². The molecule has 0 radical (unpaired) electrons. The van der Waals surface area contributed by atoms with E-state index in [1.54, 1.807) is 0 Å². The molecule has 0 aliphatic heterocycles. The lowest BCUT2D eigenvalue weighted by atomic mass is 10.3. The monoisotopic (exact) mass is 127 g/mol. The minimum atomic E-state index is 1.11. The summed E-state index contributed by atoms with van der Waals surface area (Å²) in [6, 6.07) is 0. The van der Waals surface area contributed by atoms with Crippen molar-refractivity contribution < 1.29 is 0 Å². The lowest BCUT2D eigenvalue weighted by Crippen LogP contribution is -2.19. The van der Waals surface area contributed by atoms with E-state index < -0.39 is 0 Å². The number of nitrogens with zero attached hydrogens (tertiary/aromatic N) is 1. The fourth-order valence-electron chi connectivity index (χ4n) is 0.805. The van der Waals surface area contributed by atoms with Crippen molar-refractivity contribution in [2.75, 3.05) is 20.1 Å². The molecule has 1 nitrogen and oxygen atoms in total. The smallest absolute Gasteiger partial charge is 0.00127 e. The average Bonchev–Trinajstić information content (AvgIpc) is 1.85. The highest BCUT2D eigenvalue weighted by Gasteiger charge is 1.91. The predicted octanol–water partition coefficient (Wildman–Crippen LogP) is 1.90. The highest BCUT2D eigenvalue weighted by molar-refractivity contribution is 4.67. The van der Waals surface area contributed by atoms with Gasteiger partial charge in [-0.05, 0) is 26.4 Å². The standard InChI is InChI=1S/C8H17N/c1-4-6-8-9(3)7-5-2/h4H,1,5-8H2,2-3H3. The van der Waals surface area contributed by atoms with Gasteiger partial charge in [0.25, 0.3) is 0 Å². The van der Waals surface area contributed by atoms with Crippen LogP contribution >= 0.6 is 0 Å². The van der Waals surface area contributed by atoms with E-state index in [0.717, 1.165) is 13.0 Å². The first-order valence-corrected chi connectivity index (χ1v) is 3.60. The maximum Gasteiger partial charge on any atom is 0.00127 e. The van der Waals surface area contributed by atoms with Crippen LogP contribution < -0.4 is 0 Å². The molecule has 0 atom stereocenters. The van der Waals surface area contributed by atoms with Crippen molar-refractivity contribution in [3.63, 3.8) is 0 Å². The van der Waals surface area contributed by atoms with Crippen LogP contribution in [-0.4, -0.2) is 25.0 Å². The molecule has 0 N–H and O–H groups in total. The Bertz CT molecular complexity index is 69.0. The molecule has 0 amide bonds. The van der Waals surface area contributed by atoms with E-state index in [4.69, 9.17) is 0 Å². The van der Waals surface area contributed by atoms with Gasteiger partial charge < -0.3 is 4.90 Å². The summed E-state index contributed by atoms with van der Waals surface area (Å²) in [6.45, 7) is 8.22. The topological polar surface area (TPSA) is 3.24 Å². The van der Waals surface area contributed by atoms with Crippen molar-refractivity contribution in [2.45, 2.75) is 19.8 Å². The van der Waals surface area contributed by atoms with E-state index in [9.17, 15) is 0 Å². The molecule has 0 rings (SSSR count). The summed E-state index contributed by atoms with van der Waals surface area (Å²) < 4.78 is 0. The van der Waals surface area contributed by atoms with Gasteiger partial charge in [0.2, 0.25) is 0 Å². The van der Waals surface area contributed by atoms with Crippen molar-refractivity contribution in [3.05, 3.63) is 12.7 Å². The Kier molecular flexibility index (Phi) is 5.64. The lowest BCUT2D eigenvalue weighted by molar-refractivity contribution is 0.341. The molecule has 0 aromatic rings. The van der Waals surface area contributed by atoms with E-state index in [2.05, 4.69) is 25.5 Å². The molecule has 0 saturated heterocycles. The lowest BCUT2D eigenvalue weighted by Gasteiger charge is -2.12. The molecule has 0 aromatic carbocycles. The maximum absolute atomic E-state index is 3.67. The van der Waals surface area contributed by atoms with Crippen molar-refractivity contribution in [1.29, 1.82) is 0 Å². The Morgan fingerprint density at radius 3 is 2.56 bits per heavy atom. The molecule has 0 fully saturated rings. The van der Waals surface area contributed by atoms with Gasteiger partial charge >= 0.3 is 0 Å². The molecule has 9 heavy (non-hydrogen) atoms. The average molecular weight is 127 g/mol. The van der Waals surface area contributed by atoms with E-state index in [1.165, 1.54) is 13.0 Å². The Hall–Kier alpha value is -0.300. The first-order chi connectivity index (χ1) is 4.31. The molecular weight excluding hydrogens is 110 g/mol. The second-order valence-electron chi connectivity index (χ2n) is 2.38. The summed E-state index contributed by atoms with van der Waals surface area (Å²) in [5, 5.41) is 0. The van der Waals surface area contributed by atoms with Gasteiger partial charge in [-0.1, -0.05) is 13.0 Å². The fourth-order valence-corrected chi connectivity index (χ4v) is 0.805. The second kappa shape index (κ2) is 5.83. The van der Waals surface area contributed by atoms with Crippen LogP contribution in [0.3, 0.4) is 0 Å². The number of rotatable bonds is 5. The first-order valence-electron chi connectivity index (χ1n) is 3.60. The van der Waals surface area contributed by atoms with Crippen LogP contribution in [0.2, 0.25) is 0 Å². The minimum Gasteiger partial charge on any atom is -0.306 e. The van der Waals surface area contributed by atoms with E-state index in [-0.39, 0.29) is 0 Å². The molecule has 0 spiro atoms. The van der Waals surface area contributed by atoms with Gasteiger partial charge in [0, 0.05) is 6.54 Å². The molecule has 0 bridgehead atoms. The number of hydrogen-bond donors (Lipinski definition) is 0. The molecule has 0 aromatic heterocycles. The zero-order chi connectivity index (χ0) is 7.11.